The summed E-state index contributed by atoms with van der Waals surface area (Å²) in [5.74, 6) is 0.827. The second kappa shape index (κ2) is 7.37. The first-order valence-electron chi connectivity index (χ1n) is 7.80. The predicted molar refractivity (Wildman–Crippen MR) is 95.5 cm³/mol. The molecule has 2 N–H and O–H groups in total. The van der Waals surface area contributed by atoms with E-state index < -0.39 is 0 Å². The normalized spacial score (nSPS) is 10.2. The van der Waals surface area contributed by atoms with E-state index >= 15 is 0 Å². The van der Waals surface area contributed by atoms with Crippen molar-refractivity contribution in [3.05, 3.63) is 77.9 Å². The second-order valence-electron chi connectivity index (χ2n) is 5.30. The van der Waals surface area contributed by atoms with Crippen LogP contribution in [0.3, 0.4) is 0 Å². The molecule has 2 aromatic carbocycles. The molecule has 0 aliphatic heterocycles. The number of carbonyl (C=O) groups is 1. The van der Waals surface area contributed by atoms with Crippen molar-refractivity contribution in [2.45, 2.75) is 13.3 Å². The number of hydrogen-bond acceptors (Lipinski definition) is 4. The molecule has 0 aliphatic carbocycles. The van der Waals surface area contributed by atoms with Gasteiger partial charge in [-0.2, -0.15) is 0 Å². The largest absolute Gasteiger partial charge is 0.339 e. The summed E-state index contributed by atoms with van der Waals surface area (Å²) < 4.78 is 0. The fourth-order valence-electron chi connectivity index (χ4n) is 2.22. The molecule has 0 saturated heterocycles. The molecule has 0 saturated carbocycles. The van der Waals surface area contributed by atoms with E-state index in [1.807, 2.05) is 30.3 Å². The monoisotopic (exact) mass is 318 g/mol. The summed E-state index contributed by atoms with van der Waals surface area (Å²) >= 11 is 0. The molecule has 0 radical (unpaired) electrons. The minimum atomic E-state index is -0.208. The topological polar surface area (TPSA) is 66.9 Å². The van der Waals surface area contributed by atoms with Crippen LogP contribution < -0.4 is 10.6 Å². The van der Waals surface area contributed by atoms with Crippen molar-refractivity contribution >= 4 is 23.2 Å². The van der Waals surface area contributed by atoms with Crippen LogP contribution >= 0.6 is 0 Å². The highest BCUT2D eigenvalue weighted by Gasteiger charge is 2.06. The molecule has 0 spiro atoms. The Hall–Kier alpha value is -3.21. The molecule has 3 aromatic rings. The molecule has 0 aliphatic rings. The van der Waals surface area contributed by atoms with Crippen molar-refractivity contribution < 1.29 is 4.79 Å². The van der Waals surface area contributed by atoms with E-state index in [1.54, 1.807) is 24.3 Å². The summed E-state index contributed by atoms with van der Waals surface area (Å²) in [6.07, 6.45) is 1.01. The Morgan fingerprint density at radius 1 is 0.875 bits per heavy atom. The van der Waals surface area contributed by atoms with Crippen molar-refractivity contribution in [3.8, 4) is 0 Å². The summed E-state index contributed by atoms with van der Waals surface area (Å²) in [7, 11) is 0. The molecule has 0 atom stereocenters. The molecule has 1 amide bonds. The van der Waals surface area contributed by atoms with E-state index in [9.17, 15) is 4.79 Å². The van der Waals surface area contributed by atoms with Crippen molar-refractivity contribution in [2.24, 2.45) is 0 Å². The van der Waals surface area contributed by atoms with Crippen LogP contribution in [-0.4, -0.2) is 16.1 Å². The lowest BCUT2D eigenvalue weighted by Crippen LogP contribution is -2.13. The second-order valence-corrected chi connectivity index (χ2v) is 5.30. The maximum atomic E-state index is 12.1. The van der Waals surface area contributed by atoms with Crippen LogP contribution in [0.15, 0.2) is 66.7 Å². The van der Waals surface area contributed by atoms with Gasteiger partial charge < -0.3 is 10.6 Å². The highest BCUT2D eigenvalue weighted by atomic mass is 16.1. The Bertz CT molecular complexity index is 799. The summed E-state index contributed by atoms with van der Waals surface area (Å²) in [6.45, 7) is 2.12. The average Bonchev–Trinajstić information content (AvgIpc) is 2.65. The predicted octanol–water partition coefficient (Wildman–Crippen LogP) is 4.03. The number of carbonyl (C=O) groups excluding carboxylic acids is 1. The van der Waals surface area contributed by atoms with Gasteiger partial charge in [0, 0.05) is 11.3 Å². The molecule has 5 heteroatoms. The molecule has 0 fully saturated rings. The van der Waals surface area contributed by atoms with Crippen LogP contribution in [0, 0.1) is 0 Å². The van der Waals surface area contributed by atoms with E-state index in [0.29, 0.717) is 17.2 Å². The highest BCUT2D eigenvalue weighted by molar-refractivity contribution is 6.03. The molecular formula is C19H18N4O. The van der Waals surface area contributed by atoms with Crippen molar-refractivity contribution in [1.29, 1.82) is 0 Å². The first-order chi connectivity index (χ1) is 11.7. The van der Waals surface area contributed by atoms with Crippen LogP contribution in [0.1, 0.15) is 22.8 Å². The van der Waals surface area contributed by atoms with Gasteiger partial charge in [0.15, 0.2) is 11.6 Å². The van der Waals surface area contributed by atoms with Gasteiger partial charge in [0.25, 0.3) is 5.91 Å². The van der Waals surface area contributed by atoms with Gasteiger partial charge in [0.05, 0.1) is 0 Å². The number of nitrogens with one attached hydrogen (secondary N) is 2. The van der Waals surface area contributed by atoms with Crippen LogP contribution in [0.25, 0.3) is 0 Å². The minimum Gasteiger partial charge on any atom is -0.339 e. The number of hydrogen-bond donors (Lipinski definition) is 2. The Balaban J connectivity index is 1.63. The number of nitrogens with zero attached hydrogens (tertiary/aromatic N) is 2. The number of anilines is 3. The SMILES string of the molecule is CCc1ccc(Nc2ccc(NC(=O)c3ccccc3)nn2)cc1. The van der Waals surface area contributed by atoms with Gasteiger partial charge in [-0.3, -0.25) is 4.79 Å². The third-order valence-electron chi connectivity index (χ3n) is 3.58. The van der Waals surface area contributed by atoms with E-state index in [1.165, 1.54) is 5.56 Å². The maximum Gasteiger partial charge on any atom is 0.256 e. The molecule has 1 heterocycles. The van der Waals surface area contributed by atoms with E-state index in [0.717, 1.165) is 12.1 Å². The first-order valence-corrected chi connectivity index (χ1v) is 7.80. The van der Waals surface area contributed by atoms with E-state index in [2.05, 4.69) is 39.9 Å². The summed E-state index contributed by atoms with van der Waals surface area (Å²) in [6, 6.07) is 20.7. The average molecular weight is 318 g/mol. The zero-order valence-electron chi connectivity index (χ0n) is 13.4. The van der Waals surface area contributed by atoms with Gasteiger partial charge in [-0.1, -0.05) is 37.3 Å². The number of benzene rings is 2. The maximum absolute atomic E-state index is 12.1. The quantitative estimate of drug-likeness (QED) is 0.745. The number of rotatable bonds is 5. The molecule has 0 unspecified atom stereocenters. The van der Waals surface area contributed by atoms with Gasteiger partial charge in [-0.05, 0) is 48.4 Å². The Kier molecular flexibility index (Phi) is 4.81. The summed E-state index contributed by atoms with van der Waals surface area (Å²) in [5, 5.41) is 14.0. The third-order valence-corrected chi connectivity index (χ3v) is 3.58. The molecule has 5 nitrogen and oxygen atoms in total. The van der Waals surface area contributed by atoms with Crippen LogP contribution in [0.4, 0.5) is 17.3 Å². The molecular weight excluding hydrogens is 300 g/mol. The van der Waals surface area contributed by atoms with E-state index in [-0.39, 0.29) is 5.91 Å². The van der Waals surface area contributed by atoms with Gasteiger partial charge in [-0.15, -0.1) is 10.2 Å². The van der Waals surface area contributed by atoms with Gasteiger partial charge in [0.2, 0.25) is 0 Å². The fraction of sp³-hybridized carbons (Fsp3) is 0.105. The lowest BCUT2D eigenvalue weighted by Gasteiger charge is -2.07. The Labute approximate surface area is 140 Å². The molecule has 1 aromatic heterocycles. The van der Waals surface area contributed by atoms with Crippen LogP contribution in [0.2, 0.25) is 0 Å². The van der Waals surface area contributed by atoms with Crippen LogP contribution in [0.5, 0.6) is 0 Å². The minimum absolute atomic E-state index is 0.208. The number of aryl methyl sites for hydroxylation is 1. The number of amides is 1. The summed E-state index contributed by atoms with van der Waals surface area (Å²) in [4.78, 5) is 12.1. The van der Waals surface area contributed by atoms with Crippen molar-refractivity contribution in [2.75, 3.05) is 10.6 Å². The molecule has 3 rings (SSSR count). The highest BCUT2D eigenvalue weighted by Crippen LogP contribution is 2.16. The third kappa shape index (κ3) is 3.95. The Morgan fingerprint density at radius 3 is 2.17 bits per heavy atom. The van der Waals surface area contributed by atoms with Gasteiger partial charge in [0.1, 0.15) is 0 Å². The smallest absolute Gasteiger partial charge is 0.256 e. The summed E-state index contributed by atoms with van der Waals surface area (Å²) in [5.41, 5.74) is 2.81. The van der Waals surface area contributed by atoms with Gasteiger partial charge >= 0.3 is 0 Å². The lowest BCUT2D eigenvalue weighted by atomic mass is 10.1. The molecule has 120 valence electrons. The standard InChI is InChI=1S/C19H18N4O/c1-2-14-8-10-16(11-9-14)20-17-12-13-18(23-22-17)21-19(24)15-6-4-3-5-7-15/h3-13H,2H2,1H3,(H,20,22)(H,21,23,24). The fourth-order valence-corrected chi connectivity index (χ4v) is 2.22. The molecule has 0 bridgehead atoms. The number of aromatic nitrogens is 2. The lowest BCUT2D eigenvalue weighted by molar-refractivity contribution is 0.102. The van der Waals surface area contributed by atoms with Crippen molar-refractivity contribution in [3.63, 3.8) is 0 Å². The first kappa shape index (κ1) is 15.7. The van der Waals surface area contributed by atoms with Crippen LogP contribution in [-0.2, 0) is 6.42 Å². The zero-order valence-corrected chi connectivity index (χ0v) is 13.4. The Morgan fingerprint density at radius 2 is 1.54 bits per heavy atom. The van der Waals surface area contributed by atoms with Crippen molar-refractivity contribution in [1.82, 2.24) is 10.2 Å². The van der Waals surface area contributed by atoms with Gasteiger partial charge in [-0.25, -0.2) is 0 Å². The molecule has 24 heavy (non-hydrogen) atoms. The van der Waals surface area contributed by atoms with E-state index in [4.69, 9.17) is 0 Å². The zero-order chi connectivity index (χ0) is 16.8.